The van der Waals surface area contributed by atoms with E-state index in [1.165, 1.54) is 59.5 Å². The van der Waals surface area contributed by atoms with Gasteiger partial charge in [0.05, 0.1) is 21.5 Å². The van der Waals surface area contributed by atoms with Crippen molar-refractivity contribution in [1.82, 2.24) is 10.2 Å². The number of nitrogens with one attached hydrogen (secondary N) is 1. The number of hydrogen-bond donors (Lipinski definition) is 2. The first-order chi connectivity index (χ1) is 17.2. The summed E-state index contributed by atoms with van der Waals surface area (Å²) in [6.45, 7) is -0.0292. The molecule has 36 heavy (non-hydrogen) atoms. The Balaban J connectivity index is 1.59. The fourth-order valence-corrected chi connectivity index (χ4v) is 4.04. The Morgan fingerprint density at radius 1 is 1.17 bits per heavy atom. The molecule has 3 unspecified atom stereocenters. The monoisotopic (exact) mass is 515 g/mol. The van der Waals surface area contributed by atoms with Gasteiger partial charge in [-0.2, -0.15) is 17.9 Å². The van der Waals surface area contributed by atoms with E-state index in [-0.39, 0.29) is 36.2 Å². The summed E-state index contributed by atoms with van der Waals surface area (Å²) in [7, 11) is 0. The second kappa shape index (κ2) is 11.4. The van der Waals surface area contributed by atoms with Crippen LogP contribution in [0.4, 0.5) is 15.3 Å². The number of non-ortho nitro benzene ring substituents is 1. The number of carbonyl (C=O) groups excluding carboxylic acids is 2. The Morgan fingerprint density at radius 2 is 1.83 bits per heavy atom. The van der Waals surface area contributed by atoms with E-state index in [0.29, 0.717) is 12.0 Å². The summed E-state index contributed by atoms with van der Waals surface area (Å²) in [5, 5.41) is 34.0. The maximum atomic E-state index is 12.6. The molecule has 0 aliphatic carbocycles. The van der Waals surface area contributed by atoms with Gasteiger partial charge >= 0.3 is 17.9 Å². The largest absolute Gasteiger partial charge is 0.482 e. The molecule has 0 saturated carbocycles. The topological polar surface area (TPSA) is 178 Å². The molecule has 1 fully saturated rings. The zero-order valence-electron chi connectivity index (χ0n) is 18.7. The summed E-state index contributed by atoms with van der Waals surface area (Å²) in [5.74, 6) is 0. The number of nitriles is 1. The number of amides is 2. The number of ether oxygens (including phenoxy) is 2. The van der Waals surface area contributed by atoms with Crippen LogP contribution in [0.1, 0.15) is 17.5 Å². The van der Waals surface area contributed by atoms with E-state index in [4.69, 9.17) is 9.47 Å². The van der Waals surface area contributed by atoms with Crippen molar-refractivity contribution in [3.05, 3.63) is 86.0 Å². The van der Waals surface area contributed by atoms with Crippen LogP contribution in [0.5, 0.6) is 0 Å². The maximum Gasteiger partial charge on any atom is 0.482 e. The van der Waals surface area contributed by atoms with Crippen molar-refractivity contribution in [3.63, 3.8) is 0 Å². The fraction of sp³-hybridized carbons (Fsp3) is 0.318. The van der Waals surface area contributed by atoms with Crippen LogP contribution in [-0.2, 0) is 21.8 Å². The lowest BCUT2D eigenvalue weighted by atomic mass is 10.1. The second-order valence-corrected chi connectivity index (χ2v) is 8.55. The van der Waals surface area contributed by atoms with E-state index in [1.54, 1.807) is 6.07 Å². The summed E-state index contributed by atoms with van der Waals surface area (Å²) < 4.78 is 10.2. The minimum Gasteiger partial charge on any atom is -0.445 e. The molecule has 2 aromatic rings. The molecule has 1 aliphatic rings. The number of nitro groups is 2. The Morgan fingerprint density at radius 3 is 2.42 bits per heavy atom. The lowest BCUT2D eigenvalue weighted by Crippen LogP contribution is -2.46. The number of likely N-dealkylation sites (tertiary alicyclic amines) is 1. The van der Waals surface area contributed by atoms with E-state index < -0.39 is 33.8 Å². The molecule has 2 amide bonds. The molecular formula is C22H21N5O8S. The first-order valence-electron chi connectivity index (χ1n) is 10.6. The van der Waals surface area contributed by atoms with Gasteiger partial charge < -0.3 is 19.7 Å². The lowest BCUT2D eigenvalue weighted by Gasteiger charge is -2.24. The lowest BCUT2D eigenvalue weighted by molar-refractivity contribution is -0.611. The fourth-order valence-electron chi connectivity index (χ4n) is 3.62. The van der Waals surface area contributed by atoms with Gasteiger partial charge in [-0.25, -0.2) is 9.59 Å². The number of benzene rings is 2. The average Bonchev–Trinajstić information content (AvgIpc) is 3.25. The molecule has 3 atom stereocenters. The van der Waals surface area contributed by atoms with Crippen molar-refractivity contribution in [1.29, 1.82) is 5.26 Å². The summed E-state index contributed by atoms with van der Waals surface area (Å²) in [5.41, 5.74) is -2.41. The SMILES string of the molecule is N#CC(OC(=O)NCC1CC(S)CN1C(=O)OCc1ccc([N+](=O)[O-])cc1)(c1ccccc1)[N+](=O)[O-]. The molecule has 3 rings (SSSR count). The van der Waals surface area contributed by atoms with Gasteiger partial charge in [0.15, 0.2) is 6.07 Å². The zero-order valence-corrected chi connectivity index (χ0v) is 19.6. The second-order valence-electron chi connectivity index (χ2n) is 7.82. The molecule has 1 N–H and O–H groups in total. The summed E-state index contributed by atoms with van der Waals surface area (Å²) in [4.78, 5) is 47.2. The van der Waals surface area contributed by atoms with Gasteiger partial charge in [0.1, 0.15) is 6.61 Å². The van der Waals surface area contributed by atoms with E-state index in [9.17, 15) is 35.1 Å². The van der Waals surface area contributed by atoms with Crippen molar-refractivity contribution >= 4 is 30.5 Å². The van der Waals surface area contributed by atoms with E-state index in [2.05, 4.69) is 17.9 Å². The summed E-state index contributed by atoms with van der Waals surface area (Å²) in [6, 6.07) is 13.6. The predicted octanol–water partition coefficient (Wildman–Crippen LogP) is 2.98. The van der Waals surface area contributed by atoms with Crippen LogP contribution in [0.15, 0.2) is 54.6 Å². The third-order valence-electron chi connectivity index (χ3n) is 5.43. The third-order valence-corrected chi connectivity index (χ3v) is 5.81. The van der Waals surface area contributed by atoms with Gasteiger partial charge in [0.2, 0.25) is 0 Å². The molecule has 14 heteroatoms. The van der Waals surface area contributed by atoms with Gasteiger partial charge in [-0.05, 0) is 36.2 Å². The minimum atomic E-state index is -2.74. The van der Waals surface area contributed by atoms with Crippen molar-refractivity contribution in [2.24, 2.45) is 0 Å². The number of rotatable bonds is 8. The molecule has 0 aromatic heterocycles. The summed E-state index contributed by atoms with van der Waals surface area (Å²) in [6.07, 6.45) is -1.50. The van der Waals surface area contributed by atoms with Crippen molar-refractivity contribution in [3.8, 4) is 6.07 Å². The van der Waals surface area contributed by atoms with Crippen LogP contribution in [0.25, 0.3) is 0 Å². The normalized spacial score (nSPS) is 18.4. The molecule has 1 aliphatic heterocycles. The van der Waals surface area contributed by atoms with Gasteiger partial charge in [0.25, 0.3) is 5.69 Å². The number of thiol groups is 1. The van der Waals surface area contributed by atoms with Gasteiger partial charge in [0, 0.05) is 30.5 Å². The molecule has 1 heterocycles. The highest BCUT2D eigenvalue weighted by Crippen LogP contribution is 2.27. The molecule has 1 saturated heterocycles. The Labute approximate surface area is 210 Å². The standard InChI is InChI=1S/C22H21N5O8S/c23-14-22(27(32)33,16-4-2-1-3-5-16)35-20(28)24-11-18-10-19(36)12-25(18)21(29)34-13-15-6-8-17(9-7-15)26(30)31/h1-9,18-19,36H,10-13H2,(H,24,28). The highest BCUT2D eigenvalue weighted by atomic mass is 32.1. The Kier molecular flexibility index (Phi) is 8.28. The van der Waals surface area contributed by atoms with E-state index >= 15 is 0 Å². The molecule has 0 spiro atoms. The van der Waals surface area contributed by atoms with Gasteiger partial charge in [-0.15, -0.1) is 0 Å². The minimum absolute atomic E-state index is 0.0923. The summed E-state index contributed by atoms with van der Waals surface area (Å²) >= 11 is 4.39. The van der Waals surface area contributed by atoms with E-state index in [1.807, 2.05) is 0 Å². The third kappa shape index (κ3) is 5.99. The molecule has 188 valence electrons. The van der Waals surface area contributed by atoms with Crippen LogP contribution in [0, 0.1) is 31.6 Å². The first kappa shape index (κ1) is 26.2. The Bertz CT molecular complexity index is 1170. The van der Waals surface area contributed by atoms with Crippen LogP contribution < -0.4 is 5.32 Å². The molecule has 0 radical (unpaired) electrons. The predicted molar refractivity (Wildman–Crippen MR) is 126 cm³/mol. The highest BCUT2D eigenvalue weighted by molar-refractivity contribution is 7.81. The smallest absolute Gasteiger partial charge is 0.445 e. The van der Waals surface area contributed by atoms with Crippen LogP contribution in [0.3, 0.4) is 0 Å². The molecular weight excluding hydrogens is 494 g/mol. The van der Waals surface area contributed by atoms with Crippen molar-refractivity contribution in [2.45, 2.75) is 30.0 Å². The number of hydrogen-bond acceptors (Lipinski definition) is 10. The van der Waals surface area contributed by atoms with Crippen LogP contribution >= 0.6 is 12.6 Å². The average molecular weight is 516 g/mol. The number of alkyl carbamates (subject to hydrolysis) is 1. The van der Waals surface area contributed by atoms with Crippen molar-refractivity contribution < 1.29 is 28.9 Å². The number of nitrogens with zero attached hydrogens (tertiary/aromatic N) is 4. The molecule has 13 nitrogen and oxygen atoms in total. The zero-order chi connectivity index (χ0) is 26.3. The van der Waals surface area contributed by atoms with E-state index in [0.717, 1.165) is 0 Å². The first-order valence-corrected chi connectivity index (χ1v) is 11.1. The van der Waals surface area contributed by atoms with Crippen molar-refractivity contribution in [2.75, 3.05) is 13.1 Å². The quantitative estimate of drug-likeness (QED) is 0.231. The van der Waals surface area contributed by atoms with Crippen LogP contribution in [0.2, 0.25) is 0 Å². The number of nitro benzene ring substituents is 1. The van der Waals surface area contributed by atoms with Gasteiger partial charge in [-0.1, -0.05) is 18.2 Å². The highest BCUT2D eigenvalue weighted by Gasteiger charge is 2.50. The molecule has 0 bridgehead atoms. The van der Waals surface area contributed by atoms with Gasteiger partial charge in [-0.3, -0.25) is 20.2 Å². The molecule has 2 aromatic carbocycles. The van der Waals surface area contributed by atoms with Crippen LogP contribution in [-0.4, -0.2) is 51.3 Å². The Hall–Kier alpha value is -4.38. The maximum absolute atomic E-state index is 12.6. The number of carbonyl (C=O) groups is 2.